The molecular weight excluding hydrogens is 260 g/mol. The maximum atomic E-state index is 12.0. The Balaban J connectivity index is 4.44. The first kappa shape index (κ1) is 18.4. The molecule has 0 aromatic carbocycles. The van der Waals surface area contributed by atoms with Gasteiger partial charge < -0.3 is 15.4 Å². The van der Waals surface area contributed by atoms with Crippen LogP contribution in [0.4, 0.5) is 0 Å². The van der Waals surface area contributed by atoms with E-state index in [1.54, 1.807) is 0 Å². The summed E-state index contributed by atoms with van der Waals surface area (Å²) in [7, 11) is 0. The highest BCUT2D eigenvalue weighted by molar-refractivity contribution is 5.87. The molecule has 0 spiro atoms. The lowest BCUT2D eigenvalue weighted by molar-refractivity contribution is -0.149. The Bertz CT molecular complexity index is 331. The van der Waals surface area contributed by atoms with Gasteiger partial charge in [-0.3, -0.25) is 9.59 Å². The number of hydrogen-bond acceptors (Lipinski definition) is 4. The molecule has 6 heteroatoms. The van der Waals surface area contributed by atoms with Crippen LogP contribution in [0.1, 0.15) is 47.0 Å². The molecule has 0 bridgehead atoms. The van der Waals surface area contributed by atoms with Gasteiger partial charge in [-0.1, -0.05) is 33.6 Å². The Morgan fingerprint density at radius 2 is 1.85 bits per heavy atom. The van der Waals surface area contributed by atoms with Crippen LogP contribution in [0.2, 0.25) is 0 Å². The van der Waals surface area contributed by atoms with Crippen LogP contribution in [0, 0.1) is 5.92 Å². The molecule has 0 aliphatic carbocycles. The summed E-state index contributed by atoms with van der Waals surface area (Å²) in [5, 5.41) is 5.02. The van der Waals surface area contributed by atoms with E-state index in [4.69, 9.17) is 4.74 Å². The van der Waals surface area contributed by atoms with E-state index in [-0.39, 0.29) is 18.4 Å². The van der Waals surface area contributed by atoms with Crippen LogP contribution in [0.25, 0.3) is 0 Å². The molecule has 20 heavy (non-hydrogen) atoms. The molecule has 0 saturated heterocycles. The summed E-state index contributed by atoms with van der Waals surface area (Å²) in [6.07, 6.45) is 2.49. The standard InChI is InChI=1S/C14H26N2O4/c1-5-7-8-20-14(19)13(10(3)6-2)16-12(18)9-15-11(4)17/h10,13H,5-9H2,1-4H3,(H,15,17)(H,16,18)/t10-,13-/m0/s1. The Labute approximate surface area is 120 Å². The lowest BCUT2D eigenvalue weighted by Crippen LogP contribution is -2.49. The topological polar surface area (TPSA) is 84.5 Å². The molecule has 0 rings (SSSR count). The number of rotatable bonds is 9. The van der Waals surface area contributed by atoms with E-state index in [0.29, 0.717) is 6.61 Å². The van der Waals surface area contributed by atoms with Crippen LogP contribution in [0.15, 0.2) is 0 Å². The van der Waals surface area contributed by atoms with Gasteiger partial charge in [0.15, 0.2) is 0 Å². The third kappa shape index (κ3) is 7.76. The molecule has 0 aromatic rings. The van der Waals surface area contributed by atoms with Gasteiger partial charge in [-0.15, -0.1) is 0 Å². The molecule has 0 aliphatic heterocycles. The Morgan fingerprint density at radius 1 is 1.20 bits per heavy atom. The number of amides is 2. The van der Waals surface area contributed by atoms with Gasteiger partial charge in [0.05, 0.1) is 13.2 Å². The normalized spacial score (nSPS) is 13.2. The number of esters is 1. The highest BCUT2D eigenvalue weighted by Gasteiger charge is 2.27. The maximum Gasteiger partial charge on any atom is 0.328 e. The van der Waals surface area contributed by atoms with Gasteiger partial charge in [0.2, 0.25) is 11.8 Å². The second kappa shape index (κ2) is 10.2. The van der Waals surface area contributed by atoms with Crippen LogP contribution in [-0.4, -0.2) is 37.0 Å². The van der Waals surface area contributed by atoms with Crippen molar-refractivity contribution in [3.8, 4) is 0 Å². The number of carbonyl (C=O) groups is 3. The summed E-state index contributed by atoms with van der Waals surface area (Å²) in [4.78, 5) is 34.4. The smallest absolute Gasteiger partial charge is 0.328 e. The van der Waals surface area contributed by atoms with E-state index in [2.05, 4.69) is 10.6 Å². The molecule has 0 unspecified atom stereocenters. The van der Waals surface area contributed by atoms with Crippen molar-refractivity contribution in [1.29, 1.82) is 0 Å². The van der Waals surface area contributed by atoms with E-state index in [1.165, 1.54) is 6.92 Å². The molecule has 0 saturated carbocycles. The first-order chi connectivity index (χ1) is 9.42. The van der Waals surface area contributed by atoms with Gasteiger partial charge in [-0.05, 0) is 12.3 Å². The molecule has 0 aromatic heterocycles. The van der Waals surface area contributed by atoms with Gasteiger partial charge in [0, 0.05) is 6.92 Å². The minimum Gasteiger partial charge on any atom is -0.464 e. The summed E-state index contributed by atoms with van der Waals surface area (Å²) < 4.78 is 5.15. The van der Waals surface area contributed by atoms with Gasteiger partial charge in [0.25, 0.3) is 0 Å². The van der Waals surface area contributed by atoms with Crippen LogP contribution in [0.5, 0.6) is 0 Å². The van der Waals surface area contributed by atoms with Crippen LogP contribution in [-0.2, 0) is 19.1 Å². The lowest BCUT2D eigenvalue weighted by atomic mass is 9.99. The number of unbranched alkanes of at least 4 members (excludes halogenated alkanes) is 1. The van der Waals surface area contributed by atoms with E-state index in [1.807, 2.05) is 20.8 Å². The molecule has 6 nitrogen and oxygen atoms in total. The van der Waals surface area contributed by atoms with Gasteiger partial charge in [0.1, 0.15) is 6.04 Å². The number of ether oxygens (including phenoxy) is 1. The molecule has 0 aliphatic rings. The lowest BCUT2D eigenvalue weighted by Gasteiger charge is -2.22. The fraction of sp³-hybridized carbons (Fsp3) is 0.786. The third-order valence-corrected chi connectivity index (χ3v) is 3.02. The Hall–Kier alpha value is -1.59. The molecular formula is C14H26N2O4. The summed E-state index contributed by atoms with van der Waals surface area (Å²) in [5.74, 6) is -1.11. The minimum absolute atomic E-state index is 0.0228. The van der Waals surface area contributed by atoms with E-state index in [9.17, 15) is 14.4 Å². The monoisotopic (exact) mass is 286 g/mol. The van der Waals surface area contributed by atoms with Crippen molar-refractivity contribution in [2.24, 2.45) is 5.92 Å². The zero-order valence-corrected chi connectivity index (χ0v) is 12.8. The zero-order chi connectivity index (χ0) is 15.5. The van der Waals surface area contributed by atoms with E-state index in [0.717, 1.165) is 19.3 Å². The fourth-order valence-electron chi connectivity index (χ4n) is 1.51. The summed E-state index contributed by atoms with van der Waals surface area (Å²) >= 11 is 0. The number of carbonyl (C=O) groups excluding carboxylic acids is 3. The van der Waals surface area contributed by atoms with Gasteiger partial charge in [-0.25, -0.2) is 4.79 Å². The second-order valence-corrected chi connectivity index (χ2v) is 4.86. The largest absolute Gasteiger partial charge is 0.464 e. The fourth-order valence-corrected chi connectivity index (χ4v) is 1.51. The molecule has 2 amide bonds. The molecule has 2 atom stereocenters. The average molecular weight is 286 g/mol. The highest BCUT2D eigenvalue weighted by Crippen LogP contribution is 2.09. The molecule has 0 radical (unpaired) electrons. The predicted molar refractivity (Wildman–Crippen MR) is 75.9 cm³/mol. The van der Waals surface area contributed by atoms with Crippen LogP contribution in [0.3, 0.4) is 0 Å². The van der Waals surface area contributed by atoms with Crippen LogP contribution < -0.4 is 10.6 Å². The quantitative estimate of drug-likeness (QED) is 0.489. The maximum absolute atomic E-state index is 12.0. The Kier molecular flexibility index (Phi) is 9.41. The zero-order valence-electron chi connectivity index (χ0n) is 12.8. The van der Waals surface area contributed by atoms with E-state index < -0.39 is 17.9 Å². The number of hydrogen-bond donors (Lipinski definition) is 2. The number of nitrogens with one attached hydrogen (secondary N) is 2. The average Bonchev–Trinajstić information content (AvgIpc) is 2.41. The predicted octanol–water partition coefficient (Wildman–Crippen LogP) is 0.997. The highest BCUT2D eigenvalue weighted by atomic mass is 16.5. The van der Waals surface area contributed by atoms with Crippen molar-refractivity contribution >= 4 is 17.8 Å². The second-order valence-electron chi connectivity index (χ2n) is 4.86. The molecule has 2 N–H and O–H groups in total. The van der Waals surface area contributed by atoms with Crippen molar-refractivity contribution in [3.05, 3.63) is 0 Å². The molecule has 116 valence electrons. The first-order valence-corrected chi connectivity index (χ1v) is 7.12. The SMILES string of the molecule is CCCCOC(=O)[C@@H](NC(=O)CNC(C)=O)[C@@H](C)CC. The van der Waals surface area contributed by atoms with Crippen molar-refractivity contribution in [2.45, 2.75) is 53.0 Å². The third-order valence-electron chi connectivity index (χ3n) is 3.02. The Morgan fingerprint density at radius 3 is 2.35 bits per heavy atom. The van der Waals surface area contributed by atoms with E-state index >= 15 is 0 Å². The van der Waals surface area contributed by atoms with Crippen molar-refractivity contribution in [3.63, 3.8) is 0 Å². The first-order valence-electron chi connectivity index (χ1n) is 7.12. The van der Waals surface area contributed by atoms with Crippen molar-refractivity contribution in [1.82, 2.24) is 10.6 Å². The minimum atomic E-state index is -0.668. The van der Waals surface area contributed by atoms with Crippen molar-refractivity contribution < 1.29 is 19.1 Å². The summed E-state index contributed by atoms with van der Waals surface area (Å²) in [5.41, 5.74) is 0. The van der Waals surface area contributed by atoms with Crippen LogP contribution >= 0.6 is 0 Å². The van der Waals surface area contributed by atoms with Gasteiger partial charge >= 0.3 is 5.97 Å². The molecule has 0 heterocycles. The summed E-state index contributed by atoms with van der Waals surface area (Å²) in [6.45, 7) is 7.39. The molecule has 0 fully saturated rings. The summed E-state index contributed by atoms with van der Waals surface area (Å²) in [6, 6.07) is -0.668. The van der Waals surface area contributed by atoms with Crippen molar-refractivity contribution in [2.75, 3.05) is 13.2 Å². The van der Waals surface area contributed by atoms with Gasteiger partial charge in [-0.2, -0.15) is 0 Å².